The molecule has 0 rings (SSSR count). The summed E-state index contributed by atoms with van der Waals surface area (Å²) in [5, 5.41) is 34.0. The van der Waals surface area contributed by atoms with E-state index < -0.39 is 0 Å². The zero-order valence-electron chi connectivity index (χ0n) is 11.8. The molecule has 0 spiro atoms. The first-order valence-corrected chi connectivity index (χ1v) is 7.54. The van der Waals surface area contributed by atoms with Crippen LogP contribution in [0.5, 0.6) is 0 Å². The molecule has 0 unspecified atom stereocenters. The van der Waals surface area contributed by atoms with Crippen LogP contribution in [0.25, 0.3) is 0 Å². The second-order valence-electron chi connectivity index (χ2n) is 3.43. The molecule has 0 aliphatic rings. The maximum Gasteiger partial charge on any atom is 0.133 e. The number of thiol groups is 2. The fourth-order valence-corrected chi connectivity index (χ4v) is 1.85. The third kappa shape index (κ3) is 17.1. The molecule has 0 aliphatic heterocycles. The molecule has 0 aromatic heterocycles. The van der Waals surface area contributed by atoms with Gasteiger partial charge in [0.05, 0.1) is 26.4 Å². The van der Waals surface area contributed by atoms with Crippen LogP contribution in [-0.2, 0) is 19.5 Å². The van der Waals surface area contributed by atoms with E-state index >= 15 is 0 Å². The second-order valence-corrected chi connectivity index (χ2v) is 5.66. The molecule has 0 bridgehead atoms. The van der Waals surface area contributed by atoms with Gasteiger partial charge in [-0.05, 0) is 0 Å². The number of nitrogens with zero attached hydrogens (tertiary/aromatic N) is 2. The minimum Gasteiger partial charge on any atom is -0.395 e. The van der Waals surface area contributed by atoms with Crippen molar-refractivity contribution in [3.05, 3.63) is 0 Å². The Morgan fingerprint density at radius 2 is 0.857 bits per heavy atom. The first-order chi connectivity index (χ1) is 9.44. The van der Waals surface area contributed by atoms with Crippen molar-refractivity contribution < 1.29 is 39.9 Å². The summed E-state index contributed by atoms with van der Waals surface area (Å²) in [6.45, 7) is 1.85. The quantitative estimate of drug-likeness (QED) is 0.167. The van der Waals surface area contributed by atoms with Gasteiger partial charge in [-0.15, -0.1) is 25.3 Å². The second kappa shape index (κ2) is 19.0. The molecule has 21 heavy (non-hydrogen) atoms. The standard InChI is InChI=1S/2C5H11NO2S2.Zn/c2*7-3-1-6(2-4-8)5(9)10;/h2*7-8H,1-4H2,(H,9,10);. The largest absolute Gasteiger partial charge is 0.395 e. The van der Waals surface area contributed by atoms with Crippen molar-refractivity contribution in [2.75, 3.05) is 52.6 Å². The van der Waals surface area contributed by atoms with E-state index in [0.29, 0.717) is 34.8 Å². The van der Waals surface area contributed by atoms with E-state index in [9.17, 15) is 0 Å². The molecule has 122 valence electrons. The summed E-state index contributed by atoms with van der Waals surface area (Å²) < 4.78 is 0.811. The Labute approximate surface area is 160 Å². The molecule has 0 radical (unpaired) electrons. The molecule has 4 N–H and O–H groups in total. The van der Waals surface area contributed by atoms with Gasteiger partial charge in [0.2, 0.25) is 0 Å². The third-order valence-corrected chi connectivity index (χ3v) is 3.10. The normalized spacial score (nSPS) is 9.05. The number of thiocarbonyl (C=S) groups is 2. The van der Waals surface area contributed by atoms with E-state index in [4.69, 9.17) is 44.9 Å². The van der Waals surface area contributed by atoms with E-state index in [2.05, 4.69) is 25.3 Å². The van der Waals surface area contributed by atoms with Crippen LogP contribution in [0, 0.1) is 0 Å². The van der Waals surface area contributed by atoms with Gasteiger partial charge in [0.15, 0.2) is 0 Å². The zero-order chi connectivity index (χ0) is 16.0. The maximum atomic E-state index is 8.50. The Morgan fingerprint density at radius 3 is 0.952 bits per heavy atom. The Kier molecular flexibility index (Phi) is 24.3. The Hall–Kier alpha value is 0.943. The topological polar surface area (TPSA) is 87.4 Å². The molecule has 0 aliphatic carbocycles. The number of aliphatic hydroxyl groups excluding tert-OH is 4. The van der Waals surface area contributed by atoms with Crippen LogP contribution >= 0.6 is 49.7 Å². The summed E-state index contributed by atoms with van der Waals surface area (Å²) in [5.74, 6) is 0. The van der Waals surface area contributed by atoms with Crippen LogP contribution in [0.4, 0.5) is 0 Å². The van der Waals surface area contributed by atoms with E-state index in [0.717, 1.165) is 0 Å². The smallest absolute Gasteiger partial charge is 0.133 e. The molecular formula is C10H22N2O4S4Zn. The summed E-state index contributed by atoms with van der Waals surface area (Å²) in [6.07, 6.45) is 0. The fourth-order valence-electron chi connectivity index (χ4n) is 1.09. The summed E-state index contributed by atoms with van der Waals surface area (Å²) in [5.41, 5.74) is 0. The zero-order valence-corrected chi connectivity index (χ0v) is 18.1. The van der Waals surface area contributed by atoms with Crippen molar-refractivity contribution in [2.24, 2.45) is 0 Å². The van der Waals surface area contributed by atoms with Gasteiger partial charge in [-0.25, -0.2) is 0 Å². The van der Waals surface area contributed by atoms with E-state index in [1.807, 2.05) is 0 Å². The van der Waals surface area contributed by atoms with Crippen LogP contribution in [0.3, 0.4) is 0 Å². The van der Waals surface area contributed by atoms with Gasteiger partial charge in [0.1, 0.15) is 8.64 Å². The minimum atomic E-state index is 0. The Morgan fingerprint density at radius 1 is 0.667 bits per heavy atom. The first-order valence-electron chi connectivity index (χ1n) is 5.83. The van der Waals surface area contributed by atoms with Gasteiger partial charge in [-0.3, -0.25) is 0 Å². The van der Waals surface area contributed by atoms with Crippen molar-refractivity contribution in [1.29, 1.82) is 0 Å². The molecule has 0 amide bonds. The van der Waals surface area contributed by atoms with E-state index in [1.54, 1.807) is 9.80 Å². The summed E-state index contributed by atoms with van der Waals surface area (Å²) >= 11 is 17.2. The predicted octanol–water partition coefficient (Wildman–Crippen LogP) is -1.03. The van der Waals surface area contributed by atoms with Crippen molar-refractivity contribution in [2.45, 2.75) is 0 Å². The van der Waals surface area contributed by atoms with Crippen LogP contribution in [-0.4, -0.2) is 91.5 Å². The Bertz CT molecular complexity index is 239. The molecule has 0 fully saturated rings. The van der Waals surface area contributed by atoms with Crippen molar-refractivity contribution >= 4 is 58.3 Å². The van der Waals surface area contributed by atoms with Crippen LogP contribution in [0.2, 0.25) is 0 Å². The van der Waals surface area contributed by atoms with E-state index in [1.165, 1.54) is 0 Å². The number of rotatable bonds is 8. The van der Waals surface area contributed by atoms with Gasteiger partial charge >= 0.3 is 0 Å². The predicted molar refractivity (Wildman–Crippen MR) is 94.7 cm³/mol. The molecular weight excluding hydrogens is 406 g/mol. The van der Waals surface area contributed by atoms with Crippen LogP contribution < -0.4 is 0 Å². The van der Waals surface area contributed by atoms with Crippen LogP contribution in [0.1, 0.15) is 0 Å². The minimum absolute atomic E-state index is 0. The van der Waals surface area contributed by atoms with Crippen LogP contribution in [0.15, 0.2) is 0 Å². The fraction of sp³-hybridized carbons (Fsp3) is 0.800. The van der Waals surface area contributed by atoms with Gasteiger partial charge in [-0.1, -0.05) is 24.4 Å². The third-order valence-electron chi connectivity index (χ3n) is 2.02. The molecule has 11 heteroatoms. The van der Waals surface area contributed by atoms with Gasteiger partial charge in [0, 0.05) is 45.7 Å². The summed E-state index contributed by atoms with van der Waals surface area (Å²) in [6, 6.07) is 0. The molecule has 6 nitrogen and oxygen atoms in total. The molecule has 0 aromatic rings. The summed E-state index contributed by atoms with van der Waals surface area (Å²) in [7, 11) is 0. The molecule has 0 saturated heterocycles. The molecule has 0 saturated carbocycles. The van der Waals surface area contributed by atoms with E-state index in [-0.39, 0.29) is 45.9 Å². The van der Waals surface area contributed by atoms with Crippen molar-refractivity contribution in [3.8, 4) is 0 Å². The van der Waals surface area contributed by atoms with Gasteiger partial charge in [-0.2, -0.15) is 0 Å². The molecule has 0 heterocycles. The average Bonchev–Trinajstić information content (AvgIpc) is 2.38. The number of aliphatic hydroxyl groups is 4. The molecule has 0 atom stereocenters. The van der Waals surface area contributed by atoms with Crippen molar-refractivity contribution in [3.63, 3.8) is 0 Å². The first kappa shape index (κ1) is 26.8. The average molecular weight is 428 g/mol. The van der Waals surface area contributed by atoms with Crippen molar-refractivity contribution in [1.82, 2.24) is 9.80 Å². The summed E-state index contributed by atoms with van der Waals surface area (Å²) in [4.78, 5) is 3.25. The monoisotopic (exact) mass is 426 g/mol. The number of hydrogen-bond acceptors (Lipinski definition) is 6. The maximum absolute atomic E-state index is 8.50. The SMILES string of the molecule is OCCN(CCO)C(=S)S.OCCN(CCO)C(=S)S.[Zn]. The number of hydrogen-bond donors (Lipinski definition) is 6. The molecule has 0 aromatic carbocycles. The van der Waals surface area contributed by atoms with Gasteiger partial charge < -0.3 is 30.2 Å². The van der Waals surface area contributed by atoms with Gasteiger partial charge in [0.25, 0.3) is 0 Å². The Balaban J connectivity index is -0.000000295.